The number of rotatable bonds is 3. The quantitative estimate of drug-likeness (QED) is 0.749. The van der Waals surface area contributed by atoms with Crippen LogP contribution in [0.2, 0.25) is 15.1 Å². The second kappa shape index (κ2) is 6.24. The average Bonchev–Trinajstić information content (AvgIpc) is 2.30. The fraction of sp³-hybridized carbons (Fsp3) is 0.0714. The number of hydrogen-bond acceptors (Lipinski definition) is 1. The number of benzene rings is 1. The van der Waals surface area contributed by atoms with Crippen molar-refractivity contribution < 1.29 is 0 Å². The van der Waals surface area contributed by atoms with Crippen LogP contribution in [-0.4, -0.2) is 4.98 Å². The smallest absolute Gasteiger partial charge is 0.0627 e. The molecule has 0 saturated heterocycles. The molecule has 4 heteroatoms. The van der Waals surface area contributed by atoms with Gasteiger partial charge < -0.3 is 0 Å². The van der Waals surface area contributed by atoms with Gasteiger partial charge in [0.1, 0.15) is 0 Å². The van der Waals surface area contributed by atoms with Gasteiger partial charge in [0.2, 0.25) is 0 Å². The maximum Gasteiger partial charge on any atom is 0.0627 e. The first-order valence-electron chi connectivity index (χ1n) is 5.37. The van der Waals surface area contributed by atoms with E-state index in [-0.39, 0.29) is 0 Å². The van der Waals surface area contributed by atoms with E-state index in [0.29, 0.717) is 21.5 Å². The maximum absolute atomic E-state index is 6.02. The van der Waals surface area contributed by atoms with E-state index in [1.165, 1.54) is 0 Å². The number of halogens is 3. The molecule has 1 nitrogen and oxygen atoms in total. The Balaban J connectivity index is 2.10. The van der Waals surface area contributed by atoms with Gasteiger partial charge >= 0.3 is 0 Å². The van der Waals surface area contributed by atoms with E-state index in [9.17, 15) is 0 Å². The maximum atomic E-state index is 6.02. The Morgan fingerprint density at radius 3 is 2.44 bits per heavy atom. The van der Waals surface area contributed by atoms with E-state index < -0.39 is 0 Å². The minimum Gasteiger partial charge on any atom is -0.259 e. The molecule has 18 heavy (non-hydrogen) atoms. The molecule has 0 saturated carbocycles. The lowest BCUT2D eigenvalue weighted by Crippen LogP contribution is -1.87. The first kappa shape index (κ1) is 13.4. The molecule has 0 radical (unpaired) electrons. The summed E-state index contributed by atoms with van der Waals surface area (Å²) >= 11 is 17.9. The molecule has 0 bridgehead atoms. The van der Waals surface area contributed by atoms with Crippen molar-refractivity contribution in [3.63, 3.8) is 0 Å². The Kier molecular flexibility index (Phi) is 4.65. The van der Waals surface area contributed by atoms with Crippen LogP contribution in [0.3, 0.4) is 0 Å². The number of nitrogens with zero attached hydrogens (tertiary/aromatic N) is 1. The molecule has 92 valence electrons. The molecule has 0 N–H and O–H groups in total. The Labute approximate surface area is 121 Å². The molecular weight excluding hydrogens is 289 g/mol. The Morgan fingerprint density at radius 1 is 1.06 bits per heavy atom. The zero-order valence-electron chi connectivity index (χ0n) is 9.41. The van der Waals surface area contributed by atoms with Gasteiger partial charge in [0.05, 0.1) is 10.7 Å². The third-order valence-corrected chi connectivity index (χ3v) is 3.12. The highest BCUT2D eigenvalue weighted by atomic mass is 35.5. The highest BCUT2D eigenvalue weighted by Gasteiger charge is 1.98. The molecule has 0 aliphatic carbocycles. The number of hydrogen-bond donors (Lipinski definition) is 0. The summed E-state index contributed by atoms with van der Waals surface area (Å²) in [4.78, 5) is 4.21. The SMILES string of the molecule is Clc1cc(Cl)cc(C=CCc2ncccc2Cl)c1. The zero-order valence-corrected chi connectivity index (χ0v) is 11.7. The summed E-state index contributed by atoms with van der Waals surface area (Å²) in [7, 11) is 0. The van der Waals surface area contributed by atoms with Crippen LogP contribution >= 0.6 is 34.8 Å². The van der Waals surface area contributed by atoms with Crippen LogP contribution in [0.15, 0.2) is 42.6 Å². The predicted octanol–water partition coefficient (Wildman–Crippen LogP) is 5.30. The predicted molar refractivity (Wildman–Crippen MR) is 78.4 cm³/mol. The van der Waals surface area contributed by atoms with Gasteiger partial charge in [-0.25, -0.2) is 0 Å². The fourth-order valence-electron chi connectivity index (χ4n) is 1.55. The van der Waals surface area contributed by atoms with Crippen LogP contribution < -0.4 is 0 Å². The van der Waals surface area contributed by atoms with Gasteiger partial charge in [-0.1, -0.05) is 47.0 Å². The average molecular weight is 299 g/mol. The lowest BCUT2D eigenvalue weighted by Gasteiger charge is -1.99. The molecule has 0 spiro atoms. The summed E-state index contributed by atoms with van der Waals surface area (Å²) in [6.45, 7) is 0. The molecular formula is C14H10Cl3N. The second-order valence-corrected chi connectivity index (χ2v) is 5.02. The zero-order chi connectivity index (χ0) is 13.0. The minimum atomic E-state index is 0.623. The fourth-order valence-corrected chi connectivity index (χ4v) is 2.29. The van der Waals surface area contributed by atoms with Crippen molar-refractivity contribution in [1.29, 1.82) is 0 Å². The third-order valence-electron chi connectivity index (χ3n) is 2.34. The molecule has 1 aromatic carbocycles. The monoisotopic (exact) mass is 297 g/mol. The van der Waals surface area contributed by atoms with Gasteiger partial charge in [-0.3, -0.25) is 4.98 Å². The molecule has 2 rings (SSSR count). The highest BCUT2D eigenvalue weighted by molar-refractivity contribution is 6.34. The molecule has 0 aliphatic rings. The number of allylic oxidation sites excluding steroid dienone is 1. The van der Waals surface area contributed by atoms with Crippen LogP contribution in [0.25, 0.3) is 6.08 Å². The summed E-state index contributed by atoms with van der Waals surface area (Å²) in [6, 6.07) is 9.05. The Hall–Kier alpha value is -1.02. The molecule has 0 atom stereocenters. The van der Waals surface area contributed by atoms with E-state index in [2.05, 4.69) is 4.98 Å². The van der Waals surface area contributed by atoms with E-state index in [4.69, 9.17) is 34.8 Å². The van der Waals surface area contributed by atoms with Crippen molar-refractivity contribution in [2.45, 2.75) is 6.42 Å². The van der Waals surface area contributed by atoms with Crippen LogP contribution in [0.5, 0.6) is 0 Å². The summed E-state index contributed by atoms with van der Waals surface area (Å²) in [5, 5.41) is 1.92. The van der Waals surface area contributed by atoms with Gasteiger partial charge in [-0.15, -0.1) is 0 Å². The van der Waals surface area contributed by atoms with E-state index in [1.807, 2.05) is 36.4 Å². The number of aromatic nitrogens is 1. The van der Waals surface area contributed by atoms with Gasteiger partial charge in [0.15, 0.2) is 0 Å². The van der Waals surface area contributed by atoms with Crippen LogP contribution in [0.1, 0.15) is 11.3 Å². The van der Waals surface area contributed by atoms with Gasteiger partial charge in [0.25, 0.3) is 0 Å². The van der Waals surface area contributed by atoms with Gasteiger partial charge in [-0.05, 0) is 35.9 Å². The molecule has 0 aliphatic heterocycles. The molecule has 0 amide bonds. The largest absolute Gasteiger partial charge is 0.259 e. The molecule has 1 aromatic heterocycles. The van der Waals surface area contributed by atoms with Crippen molar-refractivity contribution in [3.8, 4) is 0 Å². The topological polar surface area (TPSA) is 12.9 Å². The number of pyridine rings is 1. The summed E-state index contributed by atoms with van der Waals surface area (Å²) < 4.78 is 0. The summed E-state index contributed by atoms with van der Waals surface area (Å²) in [6.07, 6.45) is 6.33. The van der Waals surface area contributed by atoms with E-state index in [0.717, 1.165) is 11.3 Å². The highest BCUT2D eigenvalue weighted by Crippen LogP contribution is 2.20. The standard InChI is InChI=1S/C14H10Cl3N/c15-11-7-10(8-12(16)9-11)3-1-5-14-13(17)4-2-6-18-14/h1-4,6-9H,5H2. The van der Waals surface area contributed by atoms with Crippen molar-refractivity contribution in [1.82, 2.24) is 4.98 Å². The van der Waals surface area contributed by atoms with E-state index >= 15 is 0 Å². The van der Waals surface area contributed by atoms with Gasteiger partial charge in [-0.2, -0.15) is 0 Å². The normalized spacial score (nSPS) is 11.1. The lowest BCUT2D eigenvalue weighted by molar-refractivity contribution is 1.11. The molecule has 0 fully saturated rings. The lowest BCUT2D eigenvalue weighted by atomic mass is 10.2. The van der Waals surface area contributed by atoms with Crippen LogP contribution in [0.4, 0.5) is 0 Å². The van der Waals surface area contributed by atoms with Crippen LogP contribution in [-0.2, 0) is 6.42 Å². The molecule has 2 aromatic rings. The van der Waals surface area contributed by atoms with Crippen molar-refractivity contribution in [2.75, 3.05) is 0 Å². The minimum absolute atomic E-state index is 0.623. The molecule has 0 unspecified atom stereocenters. The molecule has 1 heterocycles. The first-order chi connectivity index (χ1) is 8.65. The summed E-state index contributed by atoms with van der Waals surface area (Å²) in [5.41, 5.74) is 1.81. The van der Waals surface area contributed by atoms with E-state index in [1.54, 1.807) is 12.3 Å². The van der Waals surface area contributed by atoms with Crippen molar-refractivity contribution in [3.05, 3.63) is 68.9 Å². The van der Waals surface area contributed by atoms with Gasteiger partial charge in [0, 0.05) is 22.7 Å². The first-order valence-corrected chi connectivity index (χ1v) is 6.50. The van der Waals surface area contributed by atoms with Crippen molar-refractivity contribution in [2.24, 2.45) is 0 Å². The summed E-state index contributed by atoms with van der Waals surface area (Å²) in [5.74, 6) is 0. The van der Waals surface area contributed by atoms with Crippen LogP contribution in [0, 0.1) is 0 Å². The van der Waals surface area contributed by atoms with Crippen molar-refractivity contribution >= 4 is 40.9 Å². The second-order valence-electron chi connectivity index (χ2n) is 3.74. The Bertz CT molecular complexity index is 559. The Morgan fingerprint density at radius 2 is 1.78 bits per heavy atom. The third kappa shape index (κ3) is 3.74.